The van der Waals surface area contributed by atoms with Gasteiger partial charge in [0.2, 0.25) is 5.95 Å². The van der Waals surface area contributed by atoms with Crippen LogP contribution in [0.15, 0.2) is 18.3 Å². The third kappa shape index (κ3) is 1.92. The van der Waals surface area contributed by atoms with Crippen LogP contribution in [-0.4, -0.2) is 33.7 Å². The van der Waals surface area contributed by atoms with Crippen LogP contribution in [0.3, 0.4) is 0 Å². The van der Waals surface area contributed by atoms with Gasteiger partial charge < -0.3 is 10.6 Å². The van der Waals surface area contributed by atoms with Crippen LogP contribution in [-0.2, 0) is 0 Å². The van der Waals surface area contributed by atoms with Gasteiger partial charge in [0.15, 0.2) is 5.65 Å². The molecule has 96 valence electrons. The van der Waals surface area contributed by atoms with Crippen molar-refractivity contribution < 1.29 is 4.39 Å². The molecule has 0 saturated carbocycles. The molecule has 1 fully saturated rings. The van der Waals surface area contributed by atoms with E-state index in [0.717, 1.165) is 19.5 Å². The van der Waals surface area contributed by atoms with E-state index >= 15 is 0 Å². The Kier molecular flexibility index (Phi) is 2.66. The van der Waals surface area contributed by atoms with Crippen molar-refractivity contribution in [2.45, 2.75) is 19.4 Å². The minimum Gasteiger partial charge on any atom is -0.338 e. The number of hydrogen-bond donors (Lipinski definition) is 1. The van der Waals surface area contributed by atoms with Crippen molar-refractivity contribution >= 4 is 11.6 Å². The zero-order chi connectivity index (χ0) is 12.7. The average molecular weight is 249 g/mol. The molecule has 2 N–H and O–H groups in total. The molecule has 1 saturated heterocycles. The third-order valence-corrected chi connectivity index (χ3v) is 3.58. The van der Waals surface area contributed by atoms with Crippen molar-refractivity contribution in [3.8, 4) is 0 Å². The molecule has 6 heteroatoms. The fourth-order valence-corrected chi connectivity index (χ4v) is 2.26. The molecule has 0 amide bonds. The maximum absolute atomic E-state index is 13.1. The van der Waals surface area contributed by atoms with E-state index in [1.165, 1.54) is 16.8 Å². The molecule has 0 radical (unpaired) electrons. The zero-order valence-electron chi connectivity index (χ0n) is 10.3. The van der Waals surface area contributed by atoms with Crippen molar-refractivity contribution in [2.24, 2.45) is 11.7 Å². The van der Waals surface area contributed by atoms with Crippen molar-refractivity contribution in [1.82, 2.24) is 14.6 Å². The second kappa shape index (κ2) is 4.20. The summed E-state index contributed by atoms with van der Waals surface area (Å²) in [6.07, 6.45) is 2.36. The number of rotatable bonds is 1. The Morgan fingerprint density at radius 2 is 2.28 bits per heavy atom. The highest BCUT2D eigenvalue weighted by molar-refractivity contribution is 5.44. The van der Waals surface area contributed by atoms with Gasteiger partial charge in [-0.3, -0.25) is 0 Å². The molecule has 0 aromatic carbocycles. The normalized spacial score (nSPS) is 24.7. The van der Waals surface area contributed by atoms with Crippen molar-refractivity contribution in [3.05, 3.63) is 24.1 Å². The quantitative estimate of drug-likeness (QED) is 0.820. The zero-order valence-corrected chi connectivity index (χ0v) is 10.3. The number of piperidine rings is 1. The summed E-state index contributed by atoms with van der Waals surface area (Å²) in [7, 11) is 0. The molecular formula is C12H16FN5. The van der Waals surface area contributed by atoms with E-state index in [1.807, 2.05) is 0 Å². The largest absolute Gasteiger partial charge is 0.338 e. The van der Waals surface area contributed by atoms with Crippen LogP contribution in [0.4, 0.5) is 10.3 Å². The number of aromatic nitrogens is 3. The minimum absolute atomic E-state index is 0.141. The van der Waals surface area contributed by atoms with Gasteiger partial charge in [0, 0.05) is 19.1 Å². The number of nitrogens with zero attached hydrogens (tertiary/aromatic N) is 4. The van der Waals surface area contributed by atoms with Gasteiger partial charge in [0.1, 0.15) is 5.82 Å². The van der Waals surface area contributed by atoms with Gasteiger partial charge in [-0.1, -0.05) is 6.92 Å². The summed E-state index contributed by atoms with van der Waals surface area (Å²) in [5.41, 5.74) is 6.71. The number of anilines is 1. The van der Waals surface area contributed by atoms with E-state index in [4.69, 9.17) is 5.73 Å². The number of nitrogens with two attached hydrogens (primary N) is 1. The molecule has 2 aromatic rings. The molecule has 1 aliphatic rings. The molecular weight excluding hydrogens is 233 g/mol. The van der Waals surface area contributed by atoms with Crippen LogP contribution < -0.4 is 10.6 Å². The molecule has 1 aliphatic heterocycles. The summed E-state index contributed by atoms with van der Waals surface area (Å²) < 4.78 is 14.5. The topological polar surface area (TPSA) is 59.5 Å². The van der Waals surface area contributed by atoms with Gasteiger partial charge in [-0.2, -0.15) is 4.98 Å². The van der Waals surface area contributed by atoms with E-state index in [2.05, 4.69) is 21.9 Å². The molecule has 0 spiro atoms. The average Bonchev–Trinajstić information content (AvgIpc) is 2.75. The van der Waals surface area contributed by atoms with Gasteiger partial charge >= 0.3 is 0 Å². The Bertz CT molecular complexity index is 567. The van der Waals surface area contributed by atoms with Gasteiger partial charge in [-0.15, -0.1) is 5.10 Å². The van der Waals surface area contributed by atoms with E-state index in [1.54, 1.807) is 6.07 Å². The first-order valence-electron chi connectivity index (χ1n) is 6.16. The summed E-state index contributed by atoms with van der Waals surface area (Å²) in [6.45, 7) is 3.81. The van der Waals surface area contributed by atoms with Crippen LogP contribution >= 0.6 is 0 Å². The second-order valence-corrected chi connectivity index (χ2v) is 4.94. The fourth-order valence-electron chi connectivity index (χ4n) is 2.26. The highest BCUT2D eigenvalue weighted by Crippen LogP contribution is 2.20. The lowest BCUT2D eigenvalue weighted by Crippen LogP contribution is -2.48. The van der Waals surface area contributed by atoms with Crippen molar-refractivity contribution in [2.75, 3.05) is 18.0 Å². The SMILES string of the molecule is CC1CCN(c2nc3ccc(F)cn3n2)CC1N. The van der Waals surface area contributed by atoms with Gasteiger partial charge in [-0.05, 0) is 24.5 Å². The summed E-state index contributed by atoms with van der Waals surface area (Å²) in [5, 5.41) is 4.29. The van der Waals surface area contributed by atoms with E-state index in [-0.39, 0.29) is 11.9 Å². The first-order valence-corrected chi connectivity index (χ1v) is 6.16. The Morgan fingerprint density at radius 3 is 3.06 bits per heavy atom. The van der Waals surface area contributed by atoms with E-state index < -0.39 is 0 Å². The molecule has 5 nitrogen and oxygen atoms in total. The first kappa shape index (κ1) is 11.4. The minimum atomic E-state index is -0.317. The summed E-state index contributed by atoms with van der Waals surface area (Å²) in [5.74, 6) is 0.835. The molecule has 3 heterocycles. The number of fused-ring (bicyclic) bond motifs is 1. The Morgan fingerprint density at radius 1 is 1.44 bits per heavy atom. The predicted molar refractivity (Wildman–Crippen MR) is 66.9 cm³/mol. The summed E-state index contributed by atoms with van der Waals surface area (Å²) >= 11 is 0. The van der Waals surface area contributed by atoms with Crippen LogP contribution in [0.1, 0.15) is 13.3 Å². The van der Waals surface area contributed by atoms with E-state index in [9.17, 15) is 4.39 Å². The van der Waals surface area contributed by atoms with Crippen molar-refractivity contribution in [1.29, 1.82) is 0 Å². The van der Waals surface area contributed by atoms with Crippen LogP contribution in [0.25, 0.3) is 5.65 Å². The molecule has 2 atom stereocenters. The van der Waals surface area contributed by atoms with Crippen LogP contribution in [0.2, 0.25) is 0 Å². The van der Waals surface area contributed by atoms with Crippen molar-refractivity contribution in [3.63, 3.8) is 0 Å². The van der Waals surface area contributed by atoms with Crippen LogP contribution in [0, 0.1) is 11.7 Å². The molecule has 3 rings (SSSR count). The Labute approximate surface area is 104 Å². The lowest BCUT2D eigenvalue weighted by molar-refractivity contribution is 0.376. The fraction of sp³-hybridized carbons (Fsp3) is 0.500. The highest BCUT2D eigenvalue weighted by atomic mass is 19.1. The molecule has 0 aliphatic carbocycles. The second-order valence-electron chi connectivity index (χ2n) is 4.94. The Balaban J connectivity index is 1.90. The summed E-state index contributed by atoms with van der Waals surface area (Å²) in [6, 6.07) is 3.15. The lowest BCUT2D eigenvalue weighted by Gasteiger charge is -2.34. The smallest absolute Gasteiger partial charge is 0.245 e. The van der Waals surface area contributed by atoms with Crippen LogP contribution in [0.5, 0.6) is 0 Å². The van der Waals surface area contributed by atoms with Gasteiger partial charge in [0.05, 0.1) is 6.20 Å². The molecule has 2 aromatic heterocycles. The molecule has 2 unspecified atom stereocenters. The first-order chi connectivity index (χ1) is 8.63. The van der Waals surface area contributed by atoms with Gasteiger partial charge in [0.25, 0.3) is 0 Å². The third-order valence-electron chi connectivity index (χ3n) is 3.58. The predicted octanol–water partition coefficient (Wildman–Crippen LogP) is 1.04. The maximum Gasteiger partial charge on any atom is 0.245 e. The lowest BCUT2D eigenvalue weighted by atomic mass is 9.95. The number of halogens is 1. The molecule has 18 heavy (non-hydrogen) atoms. The monoisotopic (exact) mass is 249 g/mol. The van der Waals surface area contributed by atoms with Gasteiger partial charge in [-0.25, -0.2) is 8.91 Å². The number of hydrogen-bond acceptors (Lipinski definition) is 4. The number of pyridine rings is 1. The van der Waals surface area contributed by atoms with E-state index in [0.29, 0.717) is 17.5 Å². The highest BCUT2D eigenvalue weighted by Gasteiger charge is 2.25. The Hall–Kier alpha value is -1.69. The standard InChI is InChI=1S/C12H16FN5/c1-8-4-5-17(7-10(8)14)12-15-11-3-2-9(13)6-18(11)16-12/h2-3,6,8,10H,4-5,7,14H2,1H3. The summed E-state index contributed by atoms with van der Waals surface area (Å²) in [4.78, 5) is 6.46. The maximum atomic E-state index is 13.1. The molecule has 0 bridgehead atoms.